The van der Waals surface area contributed by atoms with Gasteiger partial charge in [-0.1, -0.05) is 23.2 Å². The fourth-order valence-corrected chi connectivity index (χ4v) is 2.17. The number of rotatable bonds is 2. The summed E-state index contributed by atoms with van der Waals surface area (Å²) >= 11 is 13.0. The van der Waals surface area contributed by atoms with E-state index in [1.807, 2.05) is 0 Å². The Bertz CT molecular complexity index is 509. The number of ether oxygens (including phenoxy) is 1. The third-order valence-corrected chi connectivity index (χ3v) is 3.07. The molecular weight excluding hydrogens is 267 g/mol. The third-order valence-electron chi connectivity index (χ3n) is 1.85. The van der Waals surface area contributed by atoms with Gasteiger partial charge in [-0.15, -0.1) is 0 Å². The van der Waals surface area contributed by atoms with Crippen LogP contribution < -0.4 is 4.74 Å². The monoisotopic (exact) mass is 272 g/mol. The molecule has 1 heterocycles. The predicted molar refractivity (Wildman–Crippen MR) is 65.7 cm³/mol. The second-order valence-electron chi connectivity index (χ2n) is 2.98. The van der Waals surface area contributed by atoms with Crippen molar-refractivity contribution < 1.29 is 9.53 Å². The summed E-state index contributed by atoms with van der Waals surface area (Å²) in [6.45, 7) is 0. The van der Waals surface area contributed by atoms with E-state index in [-0.39, 0.29) is 0 Å². The first kappa shape index (κ1) is 11.5. The molecule has 1 aromatic carbocycles. The summed E-state index contributed by atoms with van der Waals surface area (Å²) in [5, 5.41) is 4.34. The summed E-state index contributed by atoms with van der Waals surface area (Å²) in [7, 11) is 0. The lowest BCUT2D eigenvalue weighted by molar-refractivity contribution is 0.0735. The fraction of sp³-hybridized carbons (Fsp3) is 0. The lowest BCUT2D eigenvalue weighted by Crippen LogP contribution is -2.07. The first-order chi connectivity index (χ1) is 7.66. The van der Waals surface area contributed by atoms with Gasteiger partial charge in [0.1, 0.15) is 5.75 Å². The van der Waals surface area contributed by atoms with Crippen LogP contribution in [0.3, 0.4) is 0 Å². The van der Waals surface area contributed by atoms with Crippen LogP contribution in [-0.2, 0) is 0 Å². The van der Waals surface area contributed by atoms with Gasteiger partial charge in [0.05, 0.1) is 10.6 Å². The molecule has 0 spiro atoms. The molecule has 0 bridgehead atoms. The van der Waals surface area contributed by atoms with Crippen molar-refractivity contribution in [2.75, 3.05) is 0 Å². The molecule has 0 aliphatic rings. The first-order valence-corrected chi connectivity index (χ1v) is 6.06. The largest absolute Gasteiger partial charge is 0.421 e. The van der Waals surface area contributed by atoms with Crippen LogP contribution in [0.5, 0.6) is 5.75 Å². The summed E-state index contributed by atoms with van der Waals surface area (Å²) in [5.74, 6) is -0.118. The molecule has 0 aliphatic heterocycles. The van der Waals surface area contributed by atoms with Gasteiger partial charge in [-0.3, -0.25) is 0 Å². The van der Waals surface area contributed by atoms with Gasteiger partial charge in [-0.25, -0.2) is 4.79 Å². The van der Waals surface area contributed by atoms with Gasteiger partial charge in [-0.2, -0.15) is 11.3 Å². The molecule has 2 nitrogen and oxygen atoms in total. The number of hydrogen-bond acceptors (Lipinski definition) is 3. The van der Waals surface area contributed by atoms with Crippen LogP contribution >= 0.6 is 34.5 Å². The number of halogens is 2. The number of esters is 1. The van der Waals surface area contributed by atoms with Crippen molar-refractivity contribution in [3.8, 4) is 5.75 Å². The Balaban J connectivity index is 2.18. The van der Waals surface area contributed by atoms with E-state index in [4.69, 9.17) is 27.9 Å². The molecule has 0 saturated carbocycles. The molecule has 0 amide bonds. The lowest BCUT2D eigenvalue weighted by atomic mass is 10.3. The van der Waals surface area contributed by atoms with Crippen molar-refractivity contribution in [1.82, 2.24) is 0 Å². The zero-order valence-corrected chi connectivity index (χ0v) is 10.3. The summed E-state index contributed by atoms with van der Waals surface area (Å²) in [6.07, 6.45) is 0. The van der Waals surface area contributed by atoms with Gasteiger partial charge < -0.3 is 4.74 Å². The summed E-state index contributed by atoms with van der Waals surface area (Å²) in [6, 6.07) is 6.40. The van der Waals surface area contributed by atoms with E-state index in [0.29, 0.717) is 21.4 Å². The van der Waals surface area contributed by atoms with Gasteiger partial charge in [0.15, 0.2) is 0 Å². The average Bonchev–Trinajstić information content (AvgIpc) is 2.75. The summed E-state index contributed by atoms with van der Waals surface area (Å²) in [4.78, 5) is 11.6. The smallest absolute Gasteiger partial charge is 0.344 e. The van der Waals surface area contributed by atoms with E-state index < -0.39 is 5.97 Å². The molecule has 0 unspecified atom stereocenters. The highest BCUT2D eigenvalue weighted by molar-refractivity contribution is 7.08. The Morgan fingerprint density at radius 1 is 1.25 bits per heavy atom. The zero-order chi connectivity index (χ0) is 11.5. The number of thiophene rings is 1. The van der Waals surface area contributed by atoms with Crippen LogP contribution in [0.25, 0.3) is 0 Å². The predicted octanol–water partition coefficient (Wildman–Crippen LogP) is 4.27. The maximum absolute atomic E-state index is 11.6. The summed E-state index contributed by atoms with van der Waals surface area (Å²) in [5.41, 5.74) is 0.510. The molecule has 0 fully saturated rings. The highest BCUT2D eigenvalue weighted by Crippen LogP contribution is 2.28. The molecule has 0 saturated heterocycles. The molecule has 0 atom stereocenters. The molecular formula is C11H6Cl2O2S. The van der Waals surface area contributed by atoms with E-state index >= 15 is 0 Å². The van der Waals surface area contributed by atoms with Crippen LogP contribution in [0, 0.1) is 0 Å². The Labute approximate surface area is 106 Å². The van der Waals surface area contributed by atoms with E-state index in [1.165, 1.54) is 17.4 Å². The molecule has 0 aliphatic carbocycles. The van der Waals surface area contributed by atoms with E-state index in [0.717, 1.165) is 0 Å². The minimum atomic E-state index is -0.425. The van der Waals surface area contributed by atoms with Crippen molar-refractivity contribution in [3.05, 3.63) is 50.6 Å². The van der Waals surface area contributed by atoms with Gasteiger partial charge in [0.2, 0.25) is 0 Å². The standard InChI is InChI=1S/C11H6Cl2O2S/c12-8-1-2-10(9(13)5-8)15-11(14)7-3-4-16-6-7/h1-6H. The number of benzene rings is 1. The second kappa shape index (κ2) is 4.87. The average molecular weight is 273 g/mol. The Kier molecular flexibility index (Phi) is 3.49. The highest BCUT2D eigenvalue weighted by atomic mass is 35.5. The lowest BCUT2D eigenvalue weighted by Gasteiger charge is -2.04. The van der Waals surface area contributed by atoms with Crippen LogP contribution in [0.2, 0.25) is 10.0 Å². The molecule has 1 aromatic heterocycles. The van der Waals surface area contributed by atoms with Crippen LogP contribution in [0.15, 0.2) is 35.0 Å². The fourth-order valence-electron chi connectivity index (χ4n) is 1.10. The molecule has 0 N–H and O–H groups in total. The van der Waals surface area contributed by atoms with E-state index in [9.17, 15) is 4.79 Å². The van der Waals surface area contributed by atoms with Crippen LogP contribution in [-0.4, -0.2) is 5.97 Å². The van der Waals surface area contributed by atoms with Gasteiger partial charge in [0, 0.05) is 10.4 Å². The SMILES string of the molecule is O=C(Oc1ccc(Cl)cc1Cl)c1ccsc1. The highest BCUT2D eigenvalue weighted by Gasteiger charge is 2.11. The quantitative estimate of drug-likeness (QED) is 0.603. The minimum absolute atomic E-state index is 0.308. The minimum Gasteiger partial charge on any atom is -0.421 e. The van der Waals surface area contributed by atoms with Crippen molar-refractivity contribution in [3.63, 3.8) is 0 Å². The number of carbonyl (C=O) groups excluding carboxylic acids is 1. The molecule has 16 heavy (non-hydrogen) atoms. The van der Waals surface area contributed by atoms with Gasteiger partial charge >= 0.3 is 5.97 Å². The van der Waals surface area contributed by atoms with Gasteiger partial charge in [0.25, 0.3) is 0 Å². The van der Waals surface area contributed by atoms with E-state index in [1.54, 1.807) is 29.0 Å². The Morgan fingerprint density at radius 2 is 2.06 bits per heavy atom. The topological polar surface area (TPSA) is 26.3 Å². The third kappa shape index (κ3) is 2.55. The number of hydrogen-bond donors (Lipinski definition) is 0. The normalized spacial score (nSPS) is 10.1. The maximum atomic E-state index is 11.6. The Hall–Kier alpha value is -1.03. The van der Waals surface area contributed by atoms with Crippen molar-refractivity contribution in [1.29, 1.82) is 0 Å². The Morgan fingerprint density at radius 3 is 2.69 bits per heavy atom. The van der Waals surface area contributed by atoms with E-state index in [2.05, 4.69) is 0 Å². The molecule has 2 rings (SSSR count). The van der Waals surface area contributed by atoms with Crippen LogP contribution in [0.4, 0.5) is 0 Å². The van der Waals surface area contributed by atoms with Crippen molar-refractivity contribution in [2.45, 2.75) is 0 Å². The molecule has 2 aromatic rings. The molecule has 0 radical (unpaired) electrons. The van der Waals surface area contributed by atoms with Crippen LogP contribution in [0.1, 0.15) is 10.4 Å². The summed E-state index contributed by atoms with van der Waals surface area (Å²) < 4.78 is 5.12. The number of carbonyl (C=O) groups is 1. The van der Waals surface area contributed by atoms with Crippen molar-refractivity contribution in [2.24, 2.45) is 0 Å². The van der Waals surface area contributed by atoms with Crippen molar-refractivity contribution >= 4 is 40.5 Å². The second-order valence-corrected chi connectivity index (χ2v) is 4.60. The maximum Gasteiger partial charge on any atom is 0.344 e. The molecule has 82 valence electrons. The van der Waals surface area contributed by atoms with Gasteiger partial charge in [-0.05, 0) is 29.6 Å². The zero-order valence-electron chi connectivity index (χ0n) is 7.94. The molecule has 5 heteroatoms. The first-order valence-electron chi connectivity index (χ1n) is 4.36.